The van der Waals surface area contributed by atoms with Gasteiger partial charge in [0.1, 0.15) is 0 Å². The highest BCUT2D eigenvalue weighted by Crippen LogP contribution is 2.33. The van der Waals surface area contributed by atoms with Gasteiger partial charge in [-0.3, -0.25) is 10.1 Å². The van der Waals surface area contributed by atoms with E-state index < -0.39 is 22.4 Å². The number of rotatable bonds is 5. The molecule has 0 bridgehead atoms. The minimum atomic E-state index is -4.57. The maximum Gasteiger partial charge on any atom is 0.416 e. The van der Waals surface area contributed by atoms with Crippen molar-refractivity contribution in [1.29, 1.82) is 0 Å². The van der Waals surface area contributed by atoms with E-state index >= 15 is 0 Å². The van der Waals surface area contributed by atoms with Crippen LogP contribution in [-0.4, -0.2) is 54.5 Å². The summed E-state index contributed by atoms with van der Waals surface area (Å²) < 4.78 is 38.0. The second-order valence-electron chi connectivity index (χ2n) is 5.85. The van der Waals surface area contributed by atoms with E-state index in [0.717, 1.165) is 38.8 Å². The maximum atomic E-state index is 12.7. The molecule has 0 saturated carbocycles. The molecule has 0 radical (unpaired) electrons. The smallest absolute Gasteiger partial charge is 0.304 e. The van der Waals surface area contributed by atoms with Crippen molar-refractivity contribution in [2.75, 3.05) is 39.8 Å². The largest absolute Gasteiger partial charge is 0.416 e. The van der Waals surface area contributed by atoms with Crippen molar-refractivity contribution in [1.82, 2.24) is 9.80 Å². The van der Waals surface area contributed by atoms with E-state index in [9.17, 15) is 23.3 Å². The number of hydrogen-bond donors (Lipinski definition) is 0. The molecule has 1 aliphatic heterocycles. The minimum Gasteiger partial charge on any atom is -0.304 e. The number of aryl methyl sites for hydroxylation is 1. The van der Waals surface area contributed by atoms with E-state index in [2.05, 4.69) is 16.8 Å². The van der Waals surface area contributed by atoms with Gasteiger partial charge >= 0.3 is 6.18 Å². The Morgan fingerprint density at radius 1 is 1.22 bits per heavy atom. The maximum absolute atomic E-state index is 12.7. The average molecular weight is 331 g/mol. The summed E-state index contributed by atoms with van der Waals surface area (Å²) >= 11 is 0. The van der Waals surface area contributed by atoms with E-state index in [1.165, 1.54) is 6.07 Å². The normalized spacial score (nSPS) is 17.4. The fourth-order valence-corrected chi connectivity index (χ4v) is 2.69. The number of piperazine rings is 1. The highest BCUT2D eigenvalue weighted by atomic mass is 19.4. The lowest BCUT2D eigenvalue weighted by molar-refractivity contribution is -0.385. The summed E-state index contributed by atoms with van der Waals surface area (Å²) in [6, 6.07) is 2.77. The van der Waals surface area contributed by atoms with Crippen LogP contribution in [0.5, 0.6) is 0 Å². The van der Waals surface area contributed by atoms with Crippen molar-refractivity contribution < 1.29 is 18.1 Å². The molecule has 0 unspecified atom stereocenters. The van der Waals surface area contributed by atoms with Crippen LogP contribution in [0.3, 0.4) is 0 Å². The number of hydrogen-bond acceptors (Lipinski definition) is 4. The topological polar surface area (TPSA) is 49.6 Å². The molecule has 0 aliphatic carbocycles. The zero-order chi connectivity index (χ0) is 17.0. The molecule has 0 spiro atoms. The molecule has 5 nitrogen and oxygen atoms in total. The molecule has 0 atom stereocenters. The zero-order valence-corrected chi connectivity index (χ0v) is 13.0. The van der Waals surface area contributed by atoms with Gasteiger partial charge in [0.2, 0.25) is 0 Å². The Hall–Kier alpha value is -1.67. The summed E-state index contributed by atoms with van der Waals surface area (Å²) in [6.45, 7) is 4.67. The van der Waals surface area contributed by atoms with Crippen LogP contribution in [0.15, 0.2) is 18.2 Å². The van der Waals surface area contributed by atoms with Gasteiger partial charge in [0.15, 0.2) is 0 Å². The lowest BCUT2D eigenvalue weighted by Gasteiger charge is -2.32. The summed E-state index contributed by atoms with van der Waals surface area (Å²) in [5, 5.41) is 11.0. The molecule has 23 heavy (non-hydrogen) atoms. The Morgan fingerprint density at radius 3 is 2.43 bits per heavy atom. The van der Waals surface area contributed by atoms with Crippen LogP contribution in [0.25, 0.3) is 0 Å². The minimum absolute atomic E-state index is 0.358. The first-order valence-electron chi connectivity index (χ1n) is 7.53. The Labute approximate surface area is 132 Å². The summed E-state index contributed by atoms with van der Waals surface area (Å²) in [5.41, 5.74) is -1.07. The van der Waals surface area contributed by atoms with Crippen molar-refractivity contribution >= 4 is 5.69 Å². The molecule has 1 aromatic rings. The third-order valence-corrected chi connectivity index (χ3v) is 4.13. The predicted octanol–water partition coefficient (Wildman–Crippen LogP) is 2.79. The Balaban J connectivity index is 1.98. The first-order chi connectivity index (χ1) is 10.8. The standard InChI is InChI=1S/C15H20F3N3O2/c1-19-7-9-20(10-8-19)6-2-3-12-4-5-13(15(16,17)18)11-14(12)21(22)23/h4-5,11H,2-3,6-10H2,1H3. The Kier molecular flexibility index (Phi) is 5.59. The van der Waals surface area contributed by atoms with Gasteiger partial charge in [-0.2, -0.15) is 13.2 Å². The van der Waals surface area contributed by atoms with E-state index in [4.69, 9.17) is 0 Å². The van der Waals surface area contributed by atoms with Crippen molar-refractivity contribution in [3.8, 4) is 0 Å². The summed E-state index contributed by atoms with van der Waals surface area (Å²) in [4.78, 5) is 14.8. The lowest BCUT2D eigenvalue weighted by Crippen LogP contribution is -2.44. The molecule has 0 amide bonds. The molecular formula is C15H20F3N3O2. The van der Waals surface area contributed by atoms with Gasteiger partial charge in [-0.1, -0.05) is 6.07 Å². The van der Waals surface area contributed by atoms with E-state index in [0.29, 0.717) is 24.5 Å². The number of benzene rings is 1. The van der Waals surface area contributed by atoms with Crippen molar-refractivity contribution in [2.24, 2.45) is 0 Å². The van der Waals surface area contributed by atoms with Crippen LogP contribution in [0.1, 0.15) is 17.5 Å². The van der Waals surface area contributed by atoms with E-state index in [1.54, 1.807) is 0 Å². The molecule has 1 aliphatic rings. The van der Waals surface area contributed by atoms with Gasteiger partial charge in [0, 0.05) is 37.8 Å². The van der Waals surface area contributed by atoms with Crippen molar-refractivity contribution in [2.45, 2.75) is 19.0 Å². The first-order valence-corrected chi connectivity index (χ1v) is 7.53. The fourth-order valence-electron chi connectivity index (χ4n) is 2.69. The molecule has 1 heterocycles. The second kappa shape index (κ2) is 7.27. The number of nitro benzene ring substituents is 1. The van der Waals surface area contributed by atoms with Crippen molar-refractivity contribution in [3.63, 3.8) is 0 Å². The Bertz CT molecular complexity index is 555. The highest BCUT2D eigenvalue weighted by Gasteiger charge is 2.32. The summed E-state index contributed by atoms with van der Waals surface area (Å²) in [7, 11) is 2.06. The average Bonchev–Trinajstić information content (AvgIpc) is 2.48. The summed E-state index contributed by atoms with van der Waals surface area (Å²) in [6.07, 6.45) is -3.47. The summed E-state index contributed by atoms with van der Waals surface area (Å²) in [5.74, 6) is 0. The van der Waals surface area contributed by atoms with Crippen LogP contribution in [0, 0.1) is 10.1 Å². The van der Waals surface area contributed by atoms with Crippen LogP contribution in [-0.2, 0) is 12.6 Å². The zero-order valence-electron chi connectivity index (χ0n) is 13.0. The lowest BCUT2D eigenvalue weighted by atomic mass is 10.0. The highest BCUT2D eigenvalue weighted by molar-refractivity contribution is 5.44. The molecule has 0 N–H and O–H groups in total. The molecule has 1 saturated heterocycles. The number of halogens is 3. The third kappa shape index (κ3) is 4.90. The SMILES string of the molecule is CN1CCN(CCCc2ccc(C(F)(F)F)cc2[N+](=O)[O-])CC1. The Morgan fingerprint density at radius 2 is 1.87 bits per heavy atom. The van der Waals surface area contributed by atoms with Crippen LogP contribution < -0.4 is 0 Å². The molecule has 8 heteroatoms. The molecule has 1 fully saturated rings. The van der Waals surface area contributed by atoms with Crippen LogP contribution in [0.4, 0.5) is 18.9 Å². The van der Waals surface area contributed by atoms with E-state index in [-0.39, 0.29) is 0 Å². The molecule has 0 aromatic heterocycles. The molecule has 2 rings (SSSR count). The van der Waals surface area contributed by atoms with Gasteiger partial charge in [0.05, 0.1) is 10.5 Å². The van der Waals surface area contributed by atoms with Crippen molar-refractivity contribution in [3.05, 3.63) is 39.4 Å². The number of nitro groups is 1. The van der Waals surface area contributed by atoms with Gasteiger partial charge in [-0.15, -0.1) is 0 Å². The number of nitrogens with zero attached hydrogens (tertiary/aromatic N) is 3. The van der Waals surface area contributed by atoms with Gasteiger partial charge in [-0.25, -0.2) is 0 Å². The third-order valence-electron chi connectivity index (χ3n) is 4.13. The molecular weight excluding hydrogens is 311 g/mol. The predicted molar refractivity (Wildman–Crippen MR) is 80.4 cm³/mol. The fraction of sp³-hybridized carbons (Fsp3) is 0.600. The van der Waals surface area contributed by atoms with Gasteiger partial charge < -0.3 is 9.80 Å². The van der Waals surface area contributed by atoms with Crippen LogP contribution in [0.2, 0.25) is 0 Å². The second-order valence-corrected chi connectivity index (χ2v) is 5.85. The number of alkyl halides is 3. The monoisotopic (exact) mass is 331 g/mol. The van der Waals surface area contributed by atoms with E-state index in [1.807, 2.05) is 0 Å². The van der Waals surface area contributed by atoms with Crippen LogP contribution >= 0.6 is 0 Å². The number of likely N-dealkylation sites (N-methyl/N-ethyl adjacent to an activating group) is 1. The quantitative estimate of drug-likeness (QED) is 0.615. The molecule has 1 aromatic carbocycles. The molecule has 128 valence electrons. The van der Waals surface area contributed by atoms with Gasteiger partial charge in [-0.05, 0) is 32.5 Å². The van der Waals surface area contributed by atoms with Gasteiger partial charge in [0.25, 0.3) is 5.69 Å². The first kappa shape index (κ1) is 17.7.